The van der Waals surface area contributed by atoms with Gasteiger partial charge in [-0.2, -0.15) is 0 Å². The highest BCUT2D eigenvalue weighted by Gasteiger charge is 2.24. The van der Waals surface area contributed by atoms with E-state index in [0.717, 1.165) is 31.6 Å². The predicted octanol–water partition coefficient (Wildman–Crippen LogP) is 1.82. The van der Waals surface area contributed by atoms with Crippen molar-refractivity contribution in [3.05, 3.63) is 0 Å². The summed E-state index contributed by atoms with van der Waals surface area (Å²) in [5.74, 6) is 1.01. The van der Waals surface area contributed by atoms with Crippen LogP contribution in [0.5, 0.6) is 0 Å². The number of hydrogen-bond donors (Lipinski definition) is 0. The van der Waals surface area contributed by atoms with Gasteiger partial charge in [0.25, 0.3) is 0 Å². The van der Waals surface area contributed by atoms with Crippen LogP contribution in [0.15, 0.2) is 0 Å². The molecule has 0 unspecified atom stereocenters. The van der Waals surface area contributed by atoms with Crippen LogP contribution in [0.4, 0.5) is 0 Å². The normalized spacial score (nSPS) is 27.6. The molecule has 0 saturated heterocycles. The lowest BCUT2D eigenvalue weighted by molar-refractivity contribution is -0.123. The van der Waals surface area contributed by atoms with E-state index in [9.17, 15) is 13.2 Å². The van der Waals surface area contributed by atoms with E-state index in [-0.39, 0.29) is 23.9 Å². The Bertz CT molecular complexity index is 311. The van der Waals surface area contributed by atoms with E-state index in [0.29, 0.717) is 0 Å². The van der Waals surface area contributed by atoms with E-state index in [1.807, 2.05) is 0 Å². The van der Waals surface area contributed by atoms with Gasteiger partial charge in [0.2, 0.25) is 0 Å². The third kappa shape index (κ3) is 4.78. The molecule has 0 aliphatic heterocycles. The lowest BCUT2D eigenvalue weighted by atomic mass is 9.80. The highest BCUT2D eigenvalue weighted by molar-refractivity contribution is 7.90. The summed E-state index contributed by atoms with van der Waals surface area (Å²) >= 11 is 0. The maximum atomic E-state index is 11.7. The maximum Gasteiger partial charge on any atom is 0.147 e. The van der Waals surface area contributed by atoms with E-state index in [1.54, 1.807) is 0 Å². The average Bonchev–Trinajstić information content (AvgIpc) is 2.14. The molecule has 1 rings (SSSR count). The van der Waals surface area contributed by atoms with Crippen LogP contribution in [-0.2, 0) is 14.6 Å². The van der Waals surface area contributed by atoms with Crippen LogP contribution < -0.4 is 0 Å². The molecule has 1 fully saturated rings. The second-order valence-electron chi connectivity index (χ2n) is 4.80. The fourth-order valence-electron chi connectivity index (χ4n) is 2.07. The predicted molar refractivity (Wildman–Crippen MR) is 60.5 cm³/mol. The molecular formula is C11H20O3S. The van der Waals surface area contributed by atoms with Gasteiger partial charge in [-0.15, -0.1) is 0 Å². The number of hydrogen-bond acceptors (Lipinski definition) is 3. The van der Waals surface area contributed by atoms with Gasteiger partial charge in [0.05, 0.1) is 5.75 Å². The standard InChI is InChI=1S/C11H20O3S/c1-9-3-5-10(6-4-9)11(12)7-8-15(2,13)14/h9-10H,3-8H2,1-2H3. The second kappa shape index (κ2) is 5.10. The van der Waals surface area contributed by atoms with Crippen molar-refractivity contribution >= 4 is 15.6 Å². The molecule has 1 aliphatic rings. The molecule has 1 saturated carbocycles. The third-order valence-corrected chi connectivity index (χ3v) is 4.14. The first-order valence-electron chi connectivity index (χ1n) is 5.59. The Balaban J connectivity index is 2.35. The number of carbonyl (C=O) groups is 1. The van der Waals surface area contributed by atoms with Gasteiger partial charge in [-0.1, -0.05) is 19.8 Å². The molecule has 0 aromatic heterocycles. The van der Waals surface area contributed by atoms with Crippen molar-refractivity contribution < 1.29 is 13.2 Å². The van der Waals surface area contributed by atoms with Crippen molar-refractivity contribution in [1.29, 1.82) is 0 Å². The zero-order valence-electron chi connectivity index (χ0n) is 9.53. The Hall–Kier alpha value is -0.380. The Kier molecular flexibility index (Phi) is 4.32. The summed E-state index contributed by atoms with van der Waals surface area (Å²) in [7, 11) is -2.99. The number of Topliss-reactive ketones (excluding diaryl/α,β-unsaturated/α-hetero) is 1. The van der Waals surface area contributed by atoms with Crippen molar-refractivity contribution in [3.63, 3.8) is 0 Å². The first kappa shape index (κ1) is 12.7. The molecule has 15 heavy (non-hydrogen) atoms. The molecule has 0 heterocycles. The van der Waals surface area contributed by atoms with Crippen LogP contribution in [0.3, 0.4) is 0 Å². The summed E-state index contributed by atoms with van der Waals surface area (Å²) in [6.07, 6.45) is 5.50. The van der Waals surface area contributed by atoms with Crippen LogP contribution in [0.2, 0.25) is 0 Å². The van der Waals surface area contributed by atoms with E-state index >= 15 is 0 Å². The van der Waals surface area contributed by atoms with Gasteiger partial charge in [-0.05, 0) is 18.8 Å². The van der Waals surface area contributed by atoms with Crippen molar-refractivity contribution in [3.8, 4) is 0 Å². The van der Waals surface area contributed by atoms with Gasteiger partial charge < -0.3 is 0 Å². The highest BCUT2D eigenvalue weighted by Crippen LogP contribution is 2.29. The van der Waals surface area contributed by atoms with Crippen LogP contribution in [0.25, 0.3) is 0 Å². The van der Waals surface area contributed by atoms with Crippen LogP contribution in [0, 0.1) is 11.8 Å². The monoisotopic (exact) mass is 232 g/mol. The number of rotatable bonds is 4. The second-order valence-corrected chi connectivity index (χ2v) is 7.06. The largest absolute Gasteiger partial charge is 0.299 e. The highest BCUT2D eigenvalue weighted by atomic mass is 32.2. The number of ketones is 1. The minimum atomic E-state index is -2.99. The molecule has 0 spiro atoms. The summed E-state index contributed by atoms with van der Waals surface area (Å²) in [6, 6.07) is 0. The number of sulfone groups is 1. The topological polar surface area (TPSA) is 51.2 Å². The summed E-state index contributed by atoms with van der Waals surface area (Å²) in [4.78, 5) is 11.7. The molecule has 0 radical (unpaired) electrons. The lowest BCUT2D eigenvalue weighted by Crippen LogP contribution is -2.22. The quantitative estimate of drug-likeness (QED) is 0.743. The Morgan fingerprint density at radius 2 is 1.73 bits per heavy atom. The molecule has 1 aliphatic carbocycles. The van der Waals surface area contributed by atoms with E-state index < -0.39 is 9.84 Å². The van der Waals surface area contributed by atoms with E-state index in [1.165, 1.54) is 6.26 Å². The van der Waals surface area contributed by atoms with Crippen LogP contribution in [-0.4, -0.2) is 26.2 Å². The van der Waals surface area contributed by atoms with Gasteiger partial charge in [0.15, 0.2) is 0 Å². The van der Waals surface area contributed by atoms with Gasteiger partial charge in [-0.25, -0.2) is 8.42 Å². The Labute approximate surface area is 92.2 Å². The molecule has 88 valence electrons. The zero-order chi connectivity index (χ0) is 11.5. The van der Waals surface area contributed by atoms with Gasteiger partial charge in [0, 0.05) is 18.6 Å². The van der Waals surface area contributed by atoms with Crippen LogP contribution in [0.1, 0.15) is 39.0 Å². The molecular weight excluding hydrogens is 212 g/mol. The van der Waals surface area contributed by atoms with Crippen molar-refractivity contribution in [2.45, 2.75) is 39.0 Å². The maximum absolute atomic E-state index is 11.7. The number of carbonyl (C=O) groups excluding carboxylic acids is 1. The molecule has 0 aromatic rings. The van der Waals surface area contributed by atoms with Gasteiger partial charge >= 0.3 is 0 Å². The van der Waals surface area contributed by atoms with Crippen LogP contribution >= 0.6 is 0 Å². The molecule has 0 atom stereocenters. The lowest BCUT2D eigenvalue weighted by Gasteiger charge is -2.24. The molecule has 4 heteroatoms. The van der Waals surface area contributed by atoms with Gasteiger partial charge in [0.1, 0.15) is 15.6 Å². The van der Waals surface area contributed by atoms with Crippen molar-refractivity contribution in [1.82, 2.24) is 0 Å². The third-order valence-electron chi connectivity index (χ3n) is 3.19. The Morgan fingerprint density at radius 1 is 1.20 bits per heavy atom. The smallest absolute Gasteiger partial charge is 0.147 e. The van der Waals surface area contributed by atoms with E-state index in [4.69, 9.17) is 0 Å². The fourth-order valence-corrected chi connectivity index (χ4v) is 2.64. The van der Waals surface area contributed by atoms with Crippen molar-refractivity contribution in [2.75, 3.05) is 12.0 Å². The first-order valence-corrected chi connectivity index (χ1v) is 7.65. The molecule has 0 N–H and O–H groups in total. The van der Waals surface area contributed by atoms with Crippen molar-refractivity contribution in [2.24, 2.45) is 11.8 Å². The average molecular weight is 232 g/mol. The zero-order valence-corrected chi connectivity index (χ0v) is 10.3. The summed E-state index contributed by atoms with van der Waals surface area (Å²) in [6.45, 7) is 2.21. The Morgan fingerprint density at radius 3 is 2.20 bits per heavy atom. The molecule has 0 bridgehead atoms. The summed E-state index contributed by atoms with van der Waals surface area (Å²) in [5, 5.41) is 0. The van der Waals surface area contributed by atoms with Gasteiger partial charge in [-0.3, -0.25) is 4.79 Å². The molecule has 3 nitrogen and oxygen atoms in total. The molecule has 0 aromatic carbocycles. The minimum Gasteiger partial charge on any atom is -0.299 e. The first-order chi connectivity index (χ1) is 6.88. The van der Waals surface area contributed by atoms with E-state index in [2.05, 4.69) is 6.92 Å². The summed E-state index contributed by atoms with van der Waals surface area (Å²) < 4.78 is 21.8. The SMILES string of the molecule is CC1CCC(C(=O)CCS(C)(=O)=O)CC1. The fraction of sp³-hybridized carbons (Fsp3) is 0.909. The summed E-state index contributed by atoms with van der Waals surface area (Å²) in [5.41, 5.74) is 0. The molecule has 0 amide bonds. The minimum absolute atomic E-state index is 0.0118.